The second-order valence-corrected chi connectivity index (χ2v) is 6.88. The molecule has 2 N–H and O–H groups in total. The van der Waals surface area contributed by atoms with E-state index < -0.39 is 0 Å². The van der Waals surface area contributed by atoms with Crippen molar-refractivity contribution in [2.24, 2.45) is 16.6 Å². The number of hydrogen-bond acceptors (Lipinski definition) is 1. The van der Waals surface area contributed by atoms with Crippen LogP contribution in [0.15, 0.2) is 12.2 Å². The molecule has 0 atom stereocenters. The van der Waals surface area contributed by atoms with Gasteiger partial charge >= 0.3 is 0 Å². The van der Waals surface area contributed by atoms with Crippen molar-refractivity contribution in [2.45, 2.75) is 60.4 Å². The number of rotatable bonds is 3. The standard InChI is InChI=1S/C13H27N/c1-11(2,3)10-12(4,5)8-9-13(6,7)14/h8-9H,10,14H2,1-7H3/b9-8+. The van der Waals surface area contributed by atoms with Gasteiger partial charge in [0.05, 0.1) is 0 Å². The van der Waals surface area contributed by atoms with E-state index in [1.54, 1.807) is 0 Å². The van der Waals surface area contributed by atoms with Crippen molar-refractivity contribution in [3.05, 3.63) is 12.2 Å². The molecule has 0 aliphatic heterocycles. The van der Waals surface area contributed by atoms with Crippen molar-refractivity contribution in [3.8, 4) is 0 Å². The van der Waals surface area contributed by atoms with Crippen molar-refractivity contribution < 1.29 is 0 Å². The van der Waals surface area contributed by atoms with Gasteiger partial charge in [0, 0.05) is 5.54 Å². The van der Waals surface area contributed by atoms with Crippen LogP contribution in [0.2, 0.25) is 0 Å². The second-order valence-electron chi connectivity index (χ2n) is 6.88. The molecule has 0 saturated heterocycles. The summed E-state index contributed by atoms with van der Waals surface area (Å²) in [5.74, 6) is 0. The van der Waals surface area contributed by atoms with Crippen LogP contribution in [-0.2, 0) is 0 Å². The predicted molar refractivity (Wildman–Crippen MR) is 65.3 cm³/mol. The van der Waals surface area contributed by atoms with E-state index in [1.807, 2.05) is 13.8 Å². The molecule has 0 rings (SSSR count). The molecule has 0 saturated carbocycles. The van der Waals surface area contributed by atoms with Crippen molar-refractivity contribution >= 4 is 0 Å². The Morgan fingerprint density at radius 2 is 1.29 bits per heavy atom. The summed E-state index contributed by atoms with van der Waals surface area (Å²) in [6.45, 7) is 15.4. The average molecular weight is 197 g/mol. The minimum absolute atomic E-state index is 0.199. The van der Waals surface area contributed by atoms with Crippen LogP contribution in [-0.4, -0.2) is 5.54 Å². The van der Waals surface area contributed by atoms with Gasteiger partial charge in [-0.3, -0.25) is 0 Å². The van der Waals surface area contributed by atoms with Crippen LogP contribution in [0.4, 0.5) is 0 Å². The maximum absolute atomic E-state index is 5.92. The Labute approximate surface area is 89.8 Å². The molecule has 0 aliphatic carbocycles. The zero-order chi connectivity index (χ0) is 11.6. The molecule has 14 heavy (non-hydrogen) atoms. The van der Waals surface area contributed by atoms with E-state index in [9.17, 15) is 0 Å². The zero-order valence-electron chi connectivity index (χ0n) is 10.9. The molecule has 0 bridgehead atoms. The summed E-state index contributed by atoms with van der Waals surface area (Å²) in [6, 6.07) is 0. The minimum Gasteiger partial charge on any atom is -0.322 e. The lowest BCUT2D eigenvalue weighted by Gasteiger charge is -2.30. The third kappa shape index (κ3) is 8.31. The fraction of sp³-hybridized carbons (Fsp3) is 0.846. The van der Waals surface area contributed by atoms with Gasteiger partial charge in [0.25, 0.3) is 0 Å². The van der Waals surface area contributed by atoms with Gasteiger partial charge in [-0.25, -0.2) is 0 Å². The van der Waals surface area contributed by atoms with E-state index in [-0.39, 0.29) is 11.0 Å². The molecule has 0 heterocycles. The Balaban J connectivity index is 4.43. The van der Waals surface area contributed by atoms with Crippen LogP contribution in [0, 0.1) is 10.8 Å². The van der Waals surface area contributed by atoms with Gasteiger partial charge < -0.3 is 5.73 Å². The Hall–Kier alpha value is -0.300. The van der Waals surface area contributed by atoms with Crippen molar-refractivity contribution in [2.75, 3.05) is 0 Å². The first-order valence-electron chi connectivity index (χ1n) is 5.41. The van der Waals surface area contributed by atoms with E-state index in [0.717, 1.165) is 0 Å². The van der Waals surface area contributed by atoms with Gasteiger partial charge in [0.15, 0.2) is 0 Å². The summed E-state index contributed by atoms with van der Waals surface area (Å²) < 4.78 is 0. The lowest BCUT2D eigenvalue weighted by atomic mass is 9.75. The second kappa shape index (κ2) is 4.06. The highest BCUT2D eigenvalue weighted by molar-refractivity contribution is 5.05. The van der Waals surface area contributed by atoms with Gasteiger partial charge in [-0.15, -0.1) is 0 Å². The normalized spacial score (nSPS) is 15.1. The monoisotopic (exact) mass is 197 g/mol. The van der Waals surface area contributed by atoms with Crippen LogP contribution in [0.25, 0.3) is 0 Å². The van der Waals surface area contributed by atoms with Gasteiger partial charge in [-0.2, -0.15) is 0 Å². The maximum atomic E-state index is 5.92. The topological polar surface area (TPSA) is 26.0 Å². The van der Waals surface area contributed by atoms with Crippen molar-refractivity contribution in [3.63, 3.8) is 0 Å². The molecule has 0 radical (unpaired) electrons. The number of allylic oxidation sites excluding steroid dienone is 1. The lowest BCUT2D eigenvalue weighted by molar-refractivity contribution is 0.261. The molecule has 84 valence electrons. The maximum Gasteiger partial charge on any atom is 0.0281 e. The van der Waals surface area contributed by atoms with E-state index in [1.165, 1.54) is 6.42 Å². The molecule has 0 aromatic heterocycles. The Morgan fingerprint density at radius 1 is 0.857 bits per heavy atom. The van der Waals surface area contributed by atoms with Crippen molar-refractivity contribution in [1.29, 1.82) is 0 Å². The van der Waals surface area contributed by atoms with E-state index in [2.05, 4.69) is 46.8 Å². The predicted octanol–water partition coefficient (Wildman–Crippen LogP) is 3.74. The molecule has 0 fully saturated rings. The summed E-state index contributed by atoms with van der Waals surface area (Å²) in [6.07, 6.45) is 5.53. The highest BCUT2D eigenvalue weighted by Crippen LogP contribution is 2.34. The summed E-state index contributed by atoms with van der Waals surface area (Å²) in [7, 11) is 0. The SMILES string of the molecule is CC(C)(N)/C=C/C(C)(C)CC(C)(C)C. The molecule has 0 aromatic rings. The molecule has 0 spiro atoms. The zero-order valence-corrected chi connectivity index (χ0v) is 10.9. The molecular weight excluding hydrogens is 170 g/mol. The smallest absolute Gasteiger partial charge is 0.0281 e. The van der Waals surface area contributed by atoms with E-state index >= 15 is 0 Å². The minimum atomic E-state index is -0.199. The van der Waals surface area contributed by atoms with Crippen LogP contribution in [0.5, 0.6) is 0 Å². The molecule has 0 unspecified atom stereocenters. The highest BCUT2D eigenvalue weighted by Gasteiger charge is 2.23. The van der Waals surface area contributed by atoms with Crippen LogP contribution >= 0.6 is 0 Å². The van der Waals surface area contributed by atoms with E-state index in [0.29, 0.717) is 5.41 Å². The third-order valence-corrected chi connectivity index (χ3v) is 1.95. The summed E-state index contributed by atoms with van der Waals surface area (Å²) in [4.78, 5) is 0. The van der Waals surface area contributed by atoms with Crippen molar-refractivity contribution in [1.82, 2.24) is 0 Å². The third-order valence-electron chi connectivity index (χ3n) is 1.95. The first kappa shape index (κ1) is 13.7. The fourth-order valence-electron chi connectivity index (χ4n) is 1.87. The highest BCUT2D eigenvalue weighted by atomic mass is 14.7. The molecular formula is C13H27N. The number of hydrogen-bond donors (Lipinski definition) is 1. The van der Waals surface area contributed by atoms with Crippen LogP contribution in [0.1, 0.15) is 54.9 Å². The Morgan fingerprint density at radius 3 is 1.57 bits per heavy atom. The Bertz CT molecular complexity index is 198. The first-order valence-corrected chi connectivity index (χ1v) is 5.41. The van der Waals surface area contributed by atoms with E-state index in [4.69, 9.17) is 5.73 Å². The molecule has 0 aromatic carbocycles. The van der Waals surface area contributed by atoms with Gasteiger partial charge in [0.2, 0.25) is 0 Å². The van der Waals surface area contributed by atoms with Gasteiger partial charge in [-0.1, -0.05) is 46.8 Å². The Kier molecular flexibility index (Phi) is 3.97. The summed E-state index contributed by atoms with van der Waals surface area (Å²) in [5.41, 5.74) is 6.32. The van der Waals surface area contributed by atoms with Crippen LogP contribution < -0.4 is 5.73 Å². The lowest BCUT2D eigenvalue weighted by Crippen LogP contribution is -2.30. The van der Waals surface area contributed by atoms with Crippen LogP contribution in [0.3, 0.4) is 0 Å². The van der Waals surface area contributed by atoms with Gasteiger partial charge in [-0.05, 0) is 31.1 Å². The molecule has 0 amide bonds. The summed E-state index contributed by atoms with van der Waals surface area (Å²) >= 11 is 0. The first-order chi connectivity index (χ1) is 5.91. The molecule has 1 heteroatoms. The largest absolute Gasteiger partial charge is 0.322 e. The van der Waals surface area contributed by atoms with Gasteiger partial charge in [0.1, 0.15) is 0 Å². The molecule has 1 nitrogen and oxygen atoms in total. The summed E-state index contributed by atoms with van der Waals surface area (Å²) in [5, 5.41) is 0. The fourth-order valence-corrected chi connectivity index (χ4v) is 1.87. The average Bonchev–Trinajstić information content (AvgIpc) is 1.76. The number of nitrogens with two attached hydrogens (primary N) is 1. The quantitative estimate of drug-likeness (QED) is 0.685. The molecule has 0 aliphatic rings.